The summed E-state index contributed by atoms with van der Waals surface area (Å²) in [7, 11) is 0. The monoisotopic (exact) mass is 273 g/mol. The number of aromatic nitrogens is 2. The normalized spacial score (nSPS) is 22.9. The van der Waals surface area contributed by atoms with Crippen LogP contribution in [0.5, 0.6) is 5.75 Å². The van der Waals surface area contributed by atoms with Gasteiger partial charge in [-0.05, 0) is 50.1 Å². The average Bonchev–Trinajstić information content (AvgIpc) is 2.99. The van der Waals surface area contributed by atoms with Crippen molar-refractivity contribution in [2.75, 3.05) is 13.1 Å². The quantitative estimate of drug-likeness (QED) is 0.899. The lowest BCUT2D eigenvalue weighted by molar-refractivity contribution is 0.221. The Kier molecular flexibility index (Phi) is 3.44. The zero-order valence-corrected chi connectivity index (χ0v) is 11.6. The fourth-order valence-corrected chi connectivity index (χ4v) is 2.77. The van der Waals surface area contributed by atoms with Crippen LogP contribution in [-0.4, -0.2) is 28.3 Å². The zero-order valence-electron chi connectivity index (χ0n) is 11.6. The number of benzene rings is 1. The number of phenolic OH excluding ortho intramolecular Hbond substituents is 1. The summed E-state index contributed by atoms with van der Waals surface area (Å²) in [6.45, 7) is 4.11. The van der Waals surface area contributed by atoms with Crippen LogP contribution in [0.15, 0.2) is 28.8 Å². The van der Waals surface area contributed by atoms with Crippen molar-refractivity contribution in [3.05, 3.63) is 30.2 Å². The maximum atomic E-state index is 9.32. The first-order valence-electron chi connectivity index (χ1n) is 7.08. The number of hydrogen-bond donors (Lipinski definition) is 2. The lowest BCUT2D eigenvalue weighted by Gasteiger charge is -2.33. The molecule has 5 heteroatoms. The molecule has 1 aliphatic heterocycles. The second-order valence-corrected chi connectivity index (χ2v) is 5.38. The summed E-state index contributed by atoms with van der Waals surface area (Å²) < 4.78 is 5.52. The highest BCUT2D eigenvalue weighted by Gasteiger charge is 2.37. The topological polar surface area (TPSA) is 71.2 Å². The van der Waals surface area contributed by atoms with E-state index in [-0.39, 0.29) is 11.2 Å². The first kappa shape index (κ1) is 13.1. The highest BCUT2D eigenvalue weighted by molar-refractivity contribution is 5.55. The molecule has 106 valence electrons. The SMILES string of the molecule is CCC1(c2nc(-c3ccc(O)cc3)no2)CCCNC1. The molecule has 0 saturated carbocycles. The average molecular weight is 273 g/mol. The van der Waals surface area contributed by atoms with Gasteiger partial charge in [0, 0.05) is 12.1 Å². The standard InChI is InChI=1S/C15H19N3O2/c1-2-15(8-3-9-16-10-15)14-17-13(18-20-14)11-4-6-12(19)7-5-11/h4-7,16,19H,2-3,8-10H2,1H3. The van der Waals surface area contributed by atoms with Gasteiger partial charge in [-0.25, -0.2) is 0 Å². The minimum Gasteiger partial charge on any atom is -0.508 e. The molecule has 1 saturated heterocycles. The van der Waals surface area contributed by atoms with E-state index in [9.17, 15) is 5.11 Å². The minimum absolute atomic E-state index is 0.0413. The number of nitrogens with one attached hydrogen (secondary N) is 1. The molecule has 0 bridgehead atoms. The van der Waals surface area contributed by atoms with Gasteiger partial charge < -0.3 is 14.9 Å². The van der Waals surface area contributed by atoms with Gasteiger partial charge in [-0.2, -0.15) is 4.98 Å². The summed E-state index contributed by atoms with van der Waals surface area (Å²) in [6, 6.07) is 6.84. The van der Waals surface area contributed by atoms with Crippen LogP contribution in [-0.2, 0) is 5.41 Å². The van der Waals surface area contributed by atoms with Gasteiger partial charge in [-0.3, -0.25) is 0 Å². The van der Waals surface area contributed by atoms with Gasteiger partial charge in [-0.15, -0.1) is 0 Å². The Balaban J connectivity index is 1.91. The van der Waals surface area contributed by atoms with Gasteiger partial charge in [0.25, 0.3) is 0 Å². The lowest BCUT2D eigenvalue weighted by Crippen LogP contribution is -2.43. The Morgan fingerprint density at radius 2 is 2.15 bits per heavy atom. The number of nitrogens with zero attached hydrogens (tertiary/aromatic N) is 2. The van der Waals surface area contributed by atoms with Gasteiger partial charge in [0.05, 0.1) is 5.41 Å². The smallest absolute Gasteiger partial charge is 0.234 e. The molecule has 1 aromatic carbocycles. The second kappa shape index (κ2) is 5.25. The third-order valence-corrected chi connectivity index (χ3v) is 4.15. The third kappa shape index (κ3) is 2.29. The van der Waals surface area contributed by atoms with E-state index < -0.39 is 0 Å². The van der Waals surface area contributed by atoms with E-state index in [1.807, 2.05) is 0 Å². The molecule has 1 fully saturated rings. The van der Waals surface area contributed by atoms with Gasteiger partial charge >= 0.3 is 0 Å². The summed E-state index contributed by atoms with van der Waals surface area (Å²) in [5.41, 5.74) is 0.813. The van der Waals surface area contributed by atoms with Gasteiger partial charge in [0.15, 0.2) is 0 Å². The molecule has 0 amide bonds. The molecule has 3 rings (SSSR count). The number of hydrogen-bond acceptors (Lipinski definition) is 5. The highest BCUT2D eigenvalue weighted by Crippen LogP contribution is 2.34. The summed E-state index contributed by atoms with van der Waals surface area (Å²) in [5, 5.41) is 16.8. The van der Waals surface area contributed by atoms with Gasteiger partial charge in [-0.1, -0.05) is 12.1 Å². The van der Waals surface area contributed by atoms with Crippen LogP contribution in [0, 0.1) is 0 Å². The van der Waals surface area contributed by atoms with Crippen molar-refractivity contribution in [3.8, 4) is 17.1 Å². The summed E-state index contributed by atoms with van der Waals surface area (Å²) in [5.74, 6) is 1.53. The molecule has 2 N–H and O–H groups in total. The molecule has 2 heterocycles. The van der Waals surface area contributed by atoms with E-state index in [4.69, 9.17) is 4.52 Å². The fourth-order valence-electron chi connectivity index (χ4n) is 2.77. The van der Waals surface area contributed by atoms with Gasteiger partial charge in [0.2, 0.25) is 11.7 Å². The predicted molar refractivity (Wildman–Crippen MR) is 75.5 cm³/mol. The third-order valence-electron chi connectivity index (χ3n) is 4.15. The van der Waals surface area contributed by atoms with Crippen LogP contribution in [0.3, 0.4) is 0 Å². The summed E-state index contributed by atoms with van der Waals surface area (Å²) in [4.78, 5) is 4.58. The van der Waals surface area contributed by atoms with Crippen molar-refractivity contribution >= 4 is 0 Å². The molecule has 0 spiro atoms. The van der Waals surface area contributed by atoms with E-state index in [1.54, 1.807) is 24.3 Å². The fraction of sp³-hybridized carbons (Fsp3) is 0.467. The van der Waals surface area contributed by atoms with E-state index >= 15 is 0 Å². The van der Waals surface area contributed by atoms with Crippen LogP contribution in [0.4, 0.5) is 0 Å². The van der Waals surface area contributed by atoms with Crippen LogP contribution < -0.4 is 5.32 Å². The van der Waals surface area contributed by atoms with Crippen molar-refractivity contribution in [1.82, 2.24) is 15.5 Å². The van der Waals surface area contributed by atoms with E-state index in [0.717, 1.165) is 43.8 Å². The molecule has 1 atom stereocenters. The number of aromatic hydroxyl groups is 1. The summed E-state index contributed by atoms with van der Waals surface area (Å²) in [6.07, 6.45) is 3.19. The Morgan fingerprint density at radius 3 is 2.80 bits per heavy atom. The molecule has 1 aromatic heterocycles. The van der Waals surface area contributed by atoms with Gasteiger partial charge in [0.1, 0.15) is 5.75 Å². The molecular weight excluding hydrogens is 254 g/mol. The van der Waals surface area contributed by atoms with Crippen molar-refractivity contribution in [2.24, 2.45) is 0 Å². The Labute approximate surface area is 118 Å². The van der Waals surface area contributed by atoms with Crippen LogP contribution in [0.25, 0.3) is 11.4 Å². The molecule has 1 unspecified atom stereocenters. The number of rotatable bonds is 3. The number of piperidine rings is 1. The van der Waals surface area contributed by atoms with Crippen molar-refractivity contribution in [1.29, 1.82) is 0 Å². The van der Waals surface area contributed by atoms with E-state index in [1.165, 1.54) is 0 Å². The van der Waals surface area contributed by atoms with Crippen molar-refractivity contribution < 1.29 is 9.63 Å². The Bertz CT molecular complexity index is 571. The van der Waals surface area contributed by atoms with E-state index in [0.29, 0.717) is 5.82 Å². The lowest BCUT2D eigenvalue weighted by atomic mass is 9.78. The molecule has 1 aliphatic rings. The second-order valence-electron chi connectivity index (χ2n) is 5.38. The molecule has 2 aromatic rings. The Morgan fingerprint density at radius 1 is 1.35 bits per heavy atom. The maximum absolute atomic E-state index is 9.32. The highest BCUT2D eigenvalue weighted by atomic mass is 16.5. The largest absolute Gasteiger partial charge is 0.508 e. The molecule has 0 aliphatic carbocycles. The number of phenols is 1. The van der Waals surface area contributed by atoms with E-state index in [2.05, 4.69) is 22.4 Å². The summed E-state index contributed by atoms with van der Waals surface area (Å²) >= 11 is 0. The Hall–Kier alpha value is -1.88. The molecule has 5 nitrogen and oxygen atoms in total. The molecule has 20 heavy (non-hydrogen) atoms. The molecule has 0 radical (unpaired) electrons. The molecular formula is C15H19N3O2. The minimum atomic E-state index is -0.0413. The first-order chi connectivity index (χ1) is 9.73. The van der Waals surface area contributed by atoms with Crippen LogP contribution in [0.1, 0.15) is 32.1 Å². The predicted octanol–water partition coefficient (Wildman–Crippen LogP) is 2.47. The maximum Gasteiger partial charge on any atom is 0.234 e. The van der Waals surface area contributed by atoms with Crippen LogP contribution in [0.2, 0.25) is 0 Å². The zero-order chi connectivity index (χ0) is 14.0. The van der Waals surface area contributed by atoms with Crippen molar-refractivity contribution in [3.63, 3.8) is 0 Å². The van der Waals surface area contributed by atoms with Crippen LogP contribution >= 0.6 is 0 Å². The van der Waals surface area contributed by atoms with Crippen molar-refractivity contribution in [2.45, 2.75) is 31.6 Å². The first-order valence-corrected chi connectivity index (χ1v) is 7.08.